The number of allylic oxidation sites excluding steroid dienone is 2. The van der Waals surface area contributed by atoms with Crippen LogP contribution in [0.3, 0.4) is 0 Å². The molecule has 0 aromatic heterocycles. The zero-order valence-corrected chi connectivity index (χ0v) is 13.7. The molecule has 1 spiro atoms. The Labute approximate surface area is 137 Å². The average Bonchev–Trinajstić information content (AvgIpc) is 2.58. The molecule has 1 atom stereocenters. The highest BCUT2D eigenvalue weighted by Gasteiger charge is 2.41. The van der Waals surface area contributed by atoms with Gasteiger partial charge in [0.1, 0.15) is 0 Å². The SMILES string of the molecule is C=CC1=C(C(O)CC2=COC3(CCCCC3)OC2=O)CCCC1. The van der Waals surface area contributed by atoms with Crippen LogP contribution in [0.5, 0.6) is 0 Å². The highest BCUT2D eigenvalue weighted by molar-refractivity contribution is 5.89. The van der Waals surface area contributed by atoms with Crippen LogP contribution in [0.2, 0.25) is 0 Å². The molecule has 4 nitrogen and oxygen atoms in total. The lowest BCUT2D eigenvalue weighted by Crippen LogP contribution is -2.42. The molecular formula is C19H26O4. The van der Waals surface area contributed by atoms with Gasteiger partial charge in [0.15, 0.2) is 0 Å². The molecule has 0 amide bonds. The summed E-state index contributed by atoms with van der Waals surface area (Å²) in [5.41, 5.74) is 2.56. The zero-order chi connectivity index (χ0) is 16.3. The summed E-state index contributed by atoms with van der Waals surface area (Å²) < 4.78 is 11.4. The van der Waals surface area contributed by atoms with Crippen molar-refractivity contribution in [3.63, 3.8) is 0 Å². The Kier molecular flexibility index (Phi) is 4.90. The molecule has 1 aliphatic heterocycles. The van der Waals surface area contributed by atoms with Gasteiger partial charge < -0.3 is 14.6 Å². The van der Waals surface area contributed by atoms with Crippen molar-refractivity contribution in [2.24, 2.45) is 0 Å². The molecule has 0 aromatic carbocycles. The van der Waals surface area contributed by atoms with Gasteiger partial charge in [-0.1, -0.05) is 19.1 Å². The minimum Gasteiger partial charge on any atom is -0.459 e. The number of esters is 1. The maximum Gasteiger partial charge on any atom is 0.340 e. The summed E-state index contributed by atoms with van der Waals surface area (Å²) in [6.45, 7) is 3.84. The molecular weight excluding hydrogens is 292 g/mol. The van der Waals surface area contributed by atoms with Crippen LogP contribution >= 0.6 is 0 Å². The van der Waals surface area contributed by atoms with Gasteiger partial charge in [0.05, 0.1) is 17.9 Å². The Morgan fingerprint density at radius 1 is 1.22 bits per heavy atom. The third-order valence-corrected chi connectivity index (χ3v) is 5.19. The maximum absolute atomic E-state index is 12.3. The molecule has 0 saturated heterocycles. The van der Waals surface area contributed by atoms with Crippen molar-refractivity contribution in [2.45, 2.75) is 76.1 Å². The molecule has 1 saturated carbocycles. The molecule has 126 valence electrons. The summed E-state index contributed by atoms with van der Waals surface area (Å²) in [6, 6.07) is 0. The van der Waals surface area contributed by atoms with E-state index < -0.39 is 11.9 Å². The van der Waals surface area contributed by atoms with E-state index in [1.165, 1.54) is 6.26 Å². The van der Waals surface area contributed by atoms with Crippen LogP contribution < -0.4 is 0 Å². The number of carbonyl (C=O) groups is 1. The molecule has 0 radical (unpaired) electrons. The van der Waals surface area contributed by atoms with Crippen LogP contribution in [0.15, 0.2) is 35.6 Å². The number of aliphatic hydroxyl groups excluding tert-OH is 1. The average molecular weight is 318 g/mol. The number of ether oxygens (including phenoxy) is 2. The predicted octanol–water partition coefficient (Wildman–Crippen LogP) is 3.91. The molecule has 1 heterocycles. The topological polar surface area (TPSA) is 55.8 Å². The largest absolute Gasteiger partial charge is 0.459 e. The predicted molar refractivity (Wildman–Crippen MR) is 87.4 cm³/mol. The lowest BCUT2D eigenvalue weighted by atomic mass is 9.86. The molecule has 3 aliphatic rings. The Hall–Kier alpha value is -1.55. The van der Waals surface area contributed by atoms with Crippen LogP contribution in [0.1, 0.15) is 64.2 Å². The van der Waals surface area contributed by atoms with Crippen molar-refractivity contribution in [3.05, 3.63) is 35.6 Å². The van der Waals surface area contributed by atoms with Crippen LogP contribution in [0.25, 0.3) is 0 Å². The van der Waals surface area contributed by atoms with E-state index in [1.54, 1.807) is 0 Å². The number of carbonyl (C=O) groups excluding carboxylic acids is 1. The van der Waals surface area contributed by atoms with Gasteiger partial charge in [-0.3, -0.25) is 0 Å². The first-order chi connectivity index (χ1) is 11.1. The van der Waals surface area contributed by atoms with Gasteiger partial charge in [0.2, 0.25) is 0 Å². The molecule has 0 aromatic rings. The van der Waals surface area contributed by atoms with E-state index in [2.05, 4.69) is 6.58 Å². The van der Waals surface area contributed by atoms with E-state index in [-0.39, 0.29) is 12.4 Å². The van der Waals surface area contributed by atoms with Gasteiger partial charge in [0.25, 0.3) is 5.79 Å². The van der Waals surface area contributed by atoms with E-state index in [0.717, 1.165) is 68.9 Å². The fourth-order valence-electron chi connectivity index (χ4n) is 3.82. The van der Waals surface area contributed by atoms with Crippen molar-refractivity contribution >= 4 is 5.97 Å². The Morgan fingerprint density at radius 2 is 1.96 bits per heavy atom. The van der Waals surface area contributed by atoms with Crippen LogP contribution in [0, 0.1) is 0 Å². The van der Waals surface area contributed by atoms with Crippen LogP contribution in [-0.2, 0) is 14.3 Å². The van der Waals surface area contributed by atoms with E-state index in [4.69, 9.17) is 9.47 Å². The van der Waals surface area contributed by atoms with Gasteiger partial charge in [-0.05, 0) is 49.7 Å². The van der Waals surface area contributed by atoms with E-state index in [9.17, 15) is 9.90 Å². The van der Waals surface area contributed by atoms with Gasteiger partial charge in [-0.15, -0.1) is 0 Å². The lowest BCUT2D eigenvalue weighted by molar-refractivity contribution is -0.228. The summed E-state index contributed by atoms with van der Waals surface area (Å²) in [7, 11) is 0. The third-order valence-electron chi connectivity index (χ3n) is 5.19. The Bertz CT molecular complexity index is 538. The minimum absolute atomic E-state index is 0.252. The normalized spacial score (nSPS) is 25.4. The quantitative estimate of drug-likeness (QED) is 0.798. The lowest BCUT2D eigenvalue weighted by Gasteiger charge is -2.38. The fraction of sp³-hybridized carbons (Fsp3) is 0.632. The van der Waals surface area contributed by atoms with Crippen molar-refractivity contribution < 1.29 is 19.4 Å². The van der Waals surface area contributed by atoms with Crippen molar-refractivity contribution in [1.82, 2.24) is 0 Å². The minimum atomic E-state index is -0.750. The van der Waals surface area contributed by atoms with Gasteiger partial charge in [-0.25, -0.2) is 4.79 Å². The second-order valence-corrected chi connectivity index (χ2v) is 6.80. The van der Waals surface area contributed by atoms with Gasteiger partial charge in [-0.2, -0.15) is 0 Å². The second-order valence-electron chi connectivity index (χ2n) is 6.80. The Balaban J connectivity index is 1.69. The second kappa shape index (κ2) is 6.91. The molecule has 2 aliphatic carbocycles. The number of rotatable bonds is 4. The molecule has 3 rings (SSSR count). The smallest absolute Gasteiger partial charge is 0.340 e. The van der Waals surface area contributed by atoms with Crippen molar-refractivity contribution in [1.29, 1.82) is 0 Å². The highest BCUT2D eigenvalue weighted by Crippen LogP contribution is 2.37. The zero-order valence-electron chi connectivity index (χ0n) is 13.7. The van der Waals surface area contributed by atoms with Crippen LogP contribution in [0.4, 0.5) is 0 Å². The molecule has 1 N–H and O–H groups in total. The first-order valence-corrected chi connectivity index (χ1v) is 8.76. The number of hydrogen-bond acceptors (Lipinski definition) is 4. The van der Waals surface area contributed by atoms with Crippen molar-refractivity contribution in [3.8, 4) is 0 Å². The Morgan fingerprint density at radius 3 is 2.65 bits per heavy atom. The summed E-state index contributed by atoms with van der Waals surface area (Å²) >= 11 is 0. The number of hydrogen-bond donors (Lipinski definition) is 1. The highest BCUT2D eigenvalue weighted by atomic mass is 16.7. The standard InChI is InChI=1S/C19H26O4/c1-2-14-8-4-5-9-16(14)17(20)12-15-13-22-19(23-18(15)21)10-6-3-7-11-19/h2,13,17,20H,1,3-12H2. The molecule has 1 unspecified atom stereocenters. The monoisotopic (exact) mass is 318 g/mol. The van der Waals surface area contributed by atoms with E-state index in [0.29, 0.717) is 5.57 Å². The molecule has 23 heavy (non-hydrogen) atoms. The summed E-state index contributed by atoms with van der Waals surface area (Å²) in [6.07, 6.45) is 11.7. The molecule has 1 fully saturated rings. The third kappa shape index (κ3) is 3.52. The first kappa shape index (κ1) is 16.3. The van der Waals surface area contributed by atoms with Crippen molar-refractivity contribution in [2.75, 3.05) is 0 Å². The summed E-state index contributed by atoms with van der Waals surface area (Å²) in [5, 5.41) is 10.5. The van der Waals surface area contributed by atoms with E-state index >= 15 is 0 Å². The first-order valence-electron chi connectivity index (χ1n) is 8.76. The maximum atomic E-state index is 12.3. The fourth-order valence-corrected chi connectivity index (χ4v) is 3.82. The summed E-state index contributed by atoms with van der Waals surface area (Å²) in [4.78, 5) is 12.3. The van der Waals surface area contributed by atoms with E-state index in [1.807, 2.05) is 6.08 Å². The molecule has 0 bridgehead atoms. The van der Waals surface area contributed by atoms with Gasteiger partial charge in [0, 0.05) is 19.3 Å². The molecule has 4 heteroatoms. The van der Waals surface area contributed by atoms with Gasteiger partial charge >= 0.3 is 5.97 Å². The van der Waals surface area contributed by atoms with Crippen LogP contribution in [-0.4, -0.2) is 23.0 Å². The number of aliphatic hydroxyl groups is 1. The summed E-state index contributed by atoms with van der Waals surface area (Å²) in [5.74, 6) is -1.09.